The zero-order valence-electron chi connectivity index (χ0n) is 11.5. The first-order chi connectivity index (χ1) is 9.24. The molecule has 0 aliphatic heterocycles. The molecular formula is C15H22O4. The minimum atomic E-state index is -0.610. The predicted molar refractivity (Wildman–Crippen MR) is 73.8 cm³/mol. The standard InChI is InChI=1S/C15H22O4/c1-13(19-12-18-11-10-17-2)8-9-15(16)14-6-4-3-5-7-14/h3-9,13,15-16H,10-12H2,1-2H3/b9-8+/t13-,15+/m0/s1. The Balaban J connectivity index is 2.24. The summed E-state index contributed by atoms with van der Waals surface area (Å²) in [5.74, 6) is 0. The van der Waals surface area contributed by atoms with Gasteiger partial charge in [-0.1, -0.05) is 42.5 Å². The number of ether oxygens (including phenoxy) is 3. The number of benzene rings is 1. The molecule has 0 aliphatic carbocycles. The van der Waals surface area contributed by atoms with Crippen LogP contribution in [-0.2, 0) is 14.2 Å². The van der Waals surface area contributed by atoms with Gasteiger partial charge in [-0.15, -0.1) is 0 Å². The quantitative estimate of drug-likeness (QED) is 0.423. The Labute approximate surface area is 114 Å². The largest absolute Gasteiger partial charge is 0.384 e. The first-order valence-corrected chi connectivity index (χ1v) is 6.33. The van der Waals surface area contributed by atoms with Gasteiger partial charge in [0, 0.05) is 7.11 Å². The van der Waals surface area contributed by atoms with Crippen molar-refractivity contribution in [2.24, 2.45) is 0 Å². The summed E-state index contributed by atoms with van der Waals surface area (Å²) in [5.41, 5.74) is 0.863. The average molecular weight is 266 g/mol. The molecule has 0 unspecified atom stereocenters. The highest BCUT2D eigenvalue weighted by atomic mass is 16.7. The Kier molecular flexibility index (Phi) is 8.09. The van der Waals surface area contributed by atoms with Crippen LogP contribution >= 0.6 is 0 Å². The zero-order valence-corrected chi connectivity index (χ0v) is 11.5. The molecule has 1 N–H and O–H groups in total. The molecule has 0 saturated heterocycles. The lowest BCUT2D eigenvalue weighted by Gasteiger charge is -2.10. The van der Waals surface area contributed by atoms with E-state index in [9.17, 15) is 5.11 Å². The Hall–Kier alpha value is -1.20. The van der Waals surface area contributed by atoms with E-state index in [0.29, 0.717) is 13.2 Å². The highest BCUT2D eigenvalue weighted by Crippen LogP contribution is 2.13. The molecule has 0 saturated carbocycles. The van der Waals surface area contributed by atoms with Gasteiger partial charge in [-0.3, -0.25) is 0 Å². The second kappa shape index (κ2) is 9.69. The number of hydrogen-bond donors (Lipinski definition) is 1. The lowest BCUT2D eigenvalue weighted by molar-refractivity contribution is -0.0804. The van der Waals surface area contributed by atoms with Crippen LogP contribution in [0.3, 0.4) is 0 Å². The van der Waals surface area contributed by atoms with Gasteiger partial charge in [0.05, 0.1) is 25.4 Å². The fraction of sp³-hybridized carbons (Fsp3) is 0.467. The molecule has 1 aromatic carbocycles. The summed E-state index contributed by atoms with van der Waals surface area (Å²) in [6, 6.07) is 9.48. The molecule has 0 spiro atoms. The monoisotopic (exact) mass is 266 g/mol. The maximum atomic E-state index is 9.92. The highest BCUT2D eigenvalue weighted by Gasteiger charge is 2.03. The Morgan fingerprint density at radius 2 is 1.89 bits per heavy atom. The van der Waals surface area contributed by atoms with Gasteiger partial charge in [0.15, 0.2) is 0 Å². The van der Waals surface area contributed by atoms with Crippen LogP contribution in [0.1, 0.15) is 18.6 Å². The summed E-state index contributed by atoms with van der Waals surface area (Å²) < 4.78 is 15.4. The van der Waals surface area contributed by atoms with Crippen LogP contribution in [0.25, 0.3) is 0 Å². The molecule has 1 aromatic rings. The lowest BCUT2D eigenvalue weighted by Crippen LogP contribution is -2.11. The van der Waals surface area contributed by atoms with E-state index in [1.165, 1.54) is 0 Å². The molecule has 19 heavy (non-hydrogen) atoms. The summed E-state index contributed by atoms with van der Waals surface area (Å²) in [5, 5.41) is 9.92. The predicted octanol–water partition coefficient (Wildman–Crippen LogP) is 2.30. The van der Waals surface area contributed by atoms with Gasteiger partial charge < -0.3 is 19.3 Å². The Bertz CT molecular complexity index is 350. The Morgan fingerprint density at radius 1 is 1.16 bits per heavy atom. The van der Waals surface area contributed by atoms with Crippen molar-refractivity contribution in [3.05, 3.63) is 48.0 Å². The smallest absolute Gasteiger partial charge is 0.147 e. The average Bonchev–Trinajstić information content (AvgIpc) is 2.45. The summed E-state index contributed by atoms with van der Waals surface area (Å²) >= 11 is 0. The molecule has 4 heteroatoms. The molecular weight excluding hydrogens is 244 g/mol. The van der Waals surface area contributed by atoms with Crippen LogP contribution in [0.15, 0.2) is 42.5 Å². The van der Waals surface area contributed by atoms with Crippen molar-refractivity contribution in [1.29, 1.82) is 0 Å². The fourth-order valence-electron chi connectivity index (χ4n) is 1.44. The minimum Gasteiger partial charge on any atom is -0.384 e. The van der Waals surface area contributed by atoms with Crippen LogP contribution < -0.4 is 0 Å². The van der Waals surface area contributed by atoms with Crippen LogP contribution in [0.5, 0.6) is 0 Å². The maximum absolute atomic E-state index is 9.92. The lowest BCUT2D eigenvalue weighted by atomic mass is 10.1. The molecule has 4 nitrogen and oxygen atoms in total. The summed E-state index contributed by atoms with van der Waals surface area (Å²) in [6.07, 6.45) is 2.81. The van der Waals surface area contributed by atoms with Crippen LogP contribution in [0, 0.1) is 0 Å². The van der Waals surface area contributed by atoms with Gasteiger partial charge in [-0.05, 0) is 12.5 Å². The molecule has 106 valence electrons. The zero-order chi connectivity index (χ0) is 13.9. The second-order valence-corrected chi connectivity index (χ2v) is 4.13. The van der Waals surface area contributed by atoms with Crippen LogP contribution in [0.4, 0.5) is 0 Å². The molecule has 0 fully saturated rings. The van der Waals surface area contributed by atoms with E-state index in [-0.39, 0.29) is 12.9 Å². The third-order valence-corrected chi connectivity index (χ3v) is 2.55. The number of aliphatic hydroxyl groups is 1. The summed E-state index contributed by atoms with van der Waals surface area (Å²) in [6.45, 7) is 3.18. The number of hydrogen-bond acceptors (Lipinski definition) is 4. The SMILES string of the molecule is COCCOCO[C@@H](C)/C=C/[C@@H](O)c1ccccc1. The minimum absolute atomic E-state index is 0.110. The number of rotatable bonds is 9. The van der Waals surface area contributed by atoms with E-state index in [0.717, 1.165) is 5.56 Å². The Morgan fingerprint density at radius 3 is 2.58 bits per heavy atom. The van der Waals surface area contributed by atoms with Crippen molar-refractivity contribution in [3.63, 3.8) is 0 Å². The molecule has 0 heterocycles. The topological polar surface area (TPSA) is 47.9 Å². The van der Waals surface area contributed by atoms with Gasteiger partial charge >= 0.3 is 0 Å². The molecule has 2 atom stereocenters. The second-order valence-electron chi connectivity index (χ2n) is 4.13. The van der Waals surface area contributed by atoms with Crippen molar-refractivity contribution in [3.8, 4) is 0 Å². The van der Waals surface area contributed by atoms with Gasteiger partial charge in [0.1, 0.15) is 6.79 Å². The van der Waals surface area contributed by atoms with Crippen LogP contribution in [0.2, 0.25) is 0 Å². The van der Waals surface area contributed by atoms with E-state index in [2.05, 4.69) is 0 Å². The van der Waals surface area contributed by atoms with Gasteiger partial charge in [-0.25, -0.2) is 0 Å². The van der Waals surface area contributed by atoms with Crippen molar-refractivity contribution in [2.75, 3.05) is 27.1 Å². The highest BCUT2D eigenvalue weighted by molar-refractivity contribution is 5.21. The van der Waals surface area contributed by atoms with Crippen molar-refractivity contribution in [2.45, 2.75) is 19.1 Å². The molecule has 1 rings (SSSR count). The van der Waals surface area contributed by atoms with E-state index < -0.39 is 6.10 Å². The third kappa shape index (κ3) is 7.08. The van der Waals surface area contributed by atoms with Crippen LogP contribution in [-0.4, -0.2) is 38.3 Å². The summed E-state index contributed by atoms with van der Waals surface area (Å²) in [7, 11) is 1.63. The number of methoxy groups -OCH3 is 1. The molecule has 0 amide bonds. The number of aliphatic hydroxyl groups excluding tert-OH is 1. The van der Waals surface area contributed by atoms with E-state index >= 15 is 0 Å². The fourth-order valence-corrected chi connectivity index (χ4v) is 1.44. The maximum Gasteiger partial charge on any atom is 0.147 e. The van der Waals surface area contributed by atoms with E-state index in [4.69, 9.17) is 14.2 Å². The van der Waals surface area contributed by atoms with Gasteiger partial charge in [0.25, 0.3) is 0 Å². The van der Waals surface area contributed by atoms with E-state index in [1.54, 1.807) is 13.2 Å². The molecule has 0 aromatic heterocycles. The van der Waals surface area contributed by atoms with E-state index in [1.807, 2.05) is 43.3 Å². The van der Waals surface area contributed by atoms with Crippen molar-refractivity contribution < 1.29 is 19.3 Å². The normalized spacial score (nSPS) is 14.7. The van der Waals surface area contributed by atoms with Crippen molar-refractivity contribution >= 4 is 0 Å². The third-order valence-electron chi connectivity index (χ3n) is 2.55. The van der Waals surface area contributed by atoms with Gasteiger partial charge in [-0.2, -0.15) is 0 Å². The van der Waals surface area contributed by atoms with Crippen molar-refractivity contribution in [1.82, 2.24) is 0 Å². The molecule has 0 aliphatic rings. The molecule has 0 bridgehead atoms. The first kappa shape index (κ1) is 15.9. The molecule has 0 radical (unpaired) electrons. The summed E-state index contributed by atoms with van der Waals surface area (Å²) in [4.78, 5) is 0. The first-order valence-electron chi connectivity index (χ1n) is 6.33. The van der Waals surface area contributed by atoms with Gasteiger partial charge in [0.2, 0.25) is 0 Å².